The number of pyridine rings is 1. The van der Waals surface area contributed by atoms with Crippen LogP contribution in [0.1, 0.15) is 5.56 Å². The second-order valence-corrected chi connectivity index (χ2v) is 11.4. The highest BCUT2D eigenvalue weighted by Gasteiger charge is 2.26. The summed E-state index contributed by atoms with van der Waals surface area (Å²) in [5.74, 6) is 0.555. The second kappa shape index (κ2) is 12.2. The zero-order valence-corrected chi connectivity index (χ0v) is 23.9. The molecule has 1 aromatic heterocycles. The average Bonchev–Trinajstić information content (AvgIpc) is 2.93. The number of nitrogens with one attached hydrogen (secondary N) is 1. The van der Waals surface area contributed by atoms with Crippen molar-refractivity contribution in [2.75, 3.05) is 45.8 Å². The third-order valence-corrected chi connectivity index (χ3v) is 8.50. The number of hydrogen-bond acceptors (Lipinski definition) is 7. The van der Waals surface area contributed by atoms with Gasteiger partial charge in [-0.25, -0.2) is 8.42 Å². The van der Waals surface area contributed by atoms with Crippen molar-refractivity contribution in [1.29, 1.82) is 0 Å². The van der Waals surface area contributed by atoms with Crippen molar-refractivity contribution in [3.05, 3.63) is 77.0 Å². The molecule has 200 valence electrons. The molecule has 0 unspecified atom stereocenters. The van der Waals surface area contributed by atoms with Crippen LogP contribution in [0.15, 0.2) is 76.4 Å². The molecule has 0 saturated carbocycles. The summed E-state index contributed by atoms with van der Waals surface area (Å²) in [6.07, 6.45) is 3.44. The molecular formula is C26H26BrN3O6S2. The van der Waals surface area contributed by atoms with Gasteiger partial charge in [0.05, 0.1) is 36.8 Å². The average molecular weight is 621 g/mol. The number of anilines is 1. The van der Waals surface area contributed by atoms with E-state index in [0.29, 0.717) is 49.1 Å². The Morgan fingerprint density at radius 2 is 1.76 bits per heavy atom. The van der Waals surface area contributed by atoms with E-state index in [4.69, 9.17) is 26.4 Å². The van der Waals surface area contributed by atoms with Gasteiger partial charge in [0.2, 0.25) is 15.7 Å². The first-order valence-electron chi connectivity index (χ1n) is 11.5. The molecule has 1 saturated heterocycles. The summed E-state index contributed by atoms with van der Waals surface area (Å²) in [5, 5.41) is 16.8. The largest absolute Gasteiger partial charge is 0.867 e. The molecule has 1 N–H and O–H groups in total. The SMILES string of the molecule is COc1ccc(C([O-])=C(C(=S)Nc2ccc(S(=O)(=O)N3CCOCC3)cc2)[n+]2cccc(Br)c2)cc1OC. The summed E-state index contributed by atoms with van der Waals surface area (Å²) in [7, 11) is -0.618. The second-order valence-electron chi connectivity index (χ2n) is 8.17. The van der Waals surface area contributed by atoms with Gasteiger partial charge in [0, 0.05) is 24.8 Å². The number of methoxy groups -OCH3 is 2. The molecule has 1 aliphatic rings. The van der Waals surface area contributed by atoms with Gasteiger partial charge in [0.1, 0.15) is 0 Å². The number of benzene rings is 2. The molecule has 1 aliphatic heterocycles. The van der Waals surface area contributed by atoms with Gasteiger partial charge in [0.25, 0.3) is 0 Å². The lowest BCUT2D eigenvalue weighted by Gasteiger charge is -2.26. The Kier molecular flexibility index (Phi) is 9.00. The number of thiocarbonyl (C=S) groups is 1. The van der Waals surface area contributed by atoms with Crippen LogP contribution >= 0.6 is 28.1 Å². The van der Waals surface area contributed by atoms with Crippen LogP contribution in [-0.4, -0.2) is 58.2 Å². The maximum absolute atomic E-state index is 13.7. The molecule has 0 bridgehead atoms. The normalized spacial score (nSPS) is 14.9. The van der Waals surface area contributed by atoms with Crippen molar-refractivity contribution in [3.63, 3.8) is 0 Å². The minimum Gasteiger partial charge on any atom is -0.867 e. The summed E-state index contributed by atoms with van der Waals surface area (Å²) in [6, 6.07) is 14.7. The smallest absolute Gasteiger partial charge is 0.243 e. The van der Waals surface area contributed by atoms with Crippen molar-refractivity contribution in [3.8, 4) is 11.5 Å². The van der Waals surface area contributed by atoms with Gasteiger partial charge in [0.15, 0.2) is 28.9 Å². The van der Waals surface area contributed by atoms with Gasteiger partial charge < -0.3 is 24.6 Å². The topological polar surface area (TPSA) is 104 Å². The number of rotatable bonds is 8. The Bertz CT molecular complexity index is 1460. The first-order chi connectivity index (χ1) is 18.2. The fraction of sp³-hybridized carbons (Fsp3) is 0.231. The van der Waals surface area contributed by atoms with Crippen LogP contribution in [0.5, 0.6) is 11.5 Å². The van der Waals surface area contributed by atoms with Crippen molar-refractivity contribution in [1.82, 2.24) is 4.31 Å². The van der Waals surface area contributed by atoms with E-state index >= 15 is 0 Å². The summed E-state index contributed by atoms with van der Waals surface area (Å²) in [6.45, 7) is 1.36. The maximum Gasteiger partial charge on any atom is 0.243 e. The molecule has 0 radical (unpaired) electrons. The van der Waals surface area contributed by atoms with Crippen molar-refractivity contribution in [2.45, 2.75) is 4.90 Å². The van der Waals surface area contributed by atoms with Crippen molar-refractivity contribution in [2.24, 2.45) is 0 Å². The number of sulfonamides is 1. The number of hydrogen-bond donors (Lipinski definition) is 1. The van der Waals surface area contributed by atoms with Crippen molar-refractivity contribution < 1.29 is 32.3 Å². The molecule has 9 nitrogen and oxygen atoms in total. The third kappa shape index (κ3) is 6.16. The Balaban J connectivity index is 1.67. The van der Waals surface area contributed by atoms with Gasteiger partial charge in [-0.1, -0.05) is 18.3 Å². The molecular weight excluding hydrogens is 594 g/mol. The first-order valence-corrected chi connectivity index (χ1v) is 14.2. The summed E-state index contributed by atoms with van der Waals surface area (Å²) in [5.41, 5.74) is 1.07. The Morgan fingerprint density at radius 1 is 1.08 bits per heavy atom. The Labute approximate surface area is 235 Å². The molecule has 38 heavy (non-hydrogen) atoms. The third-order valence-electron chi connectivity index (χ3n) is 5.82. The van der Waals surface area contributed by atoms with Crippen LogP contribution in [0.3, 0.4) is 0 Å². The van der Waals surface area contributed by atoms with E-state index in [1.54, 1.807) is 53.4 Å². The van der Waals surface area contributed by atoms with Gasteiger partial charge in [-0.2, -0.15) is 8.87 Å². The lowest BCUT2D eigenvalue weighted by molar-refractivity contribution is -0.578. The Morgan fingerprint density at radius 3 is 2.39 bits per heavy atom. The monoisotopic (exact) mass is 619 g/mol. The van der Waals surface area contributed by atoms with Gasteiger partial charge >= 0.3 is 0 Å². The van der Waals surface area contributed by atoms with E-state index in [9.17, 15) is 13.5 Å². The number of nitrogens with zero attached hydrogens (tertiary/aromatic N) is 2. The number of morpholine rings is 1. The van der Waals surface area contributed by atoms with Crippen LogP contribution in [-0.2, 0) is 14.8 Å². The van der Waals surface area contributed by atoms with E-state index in [1.165, 1.54) is 30.7 Å². The van der Waals surface area contributed by atoms with Crippen LogP contribution in [0.2, 0.25) is 0 Å². The van der Waals surface area contributed by atoms with Crippen LogP contribution in [0, 0.1) is 0 Å². The van der Waals surface area contributed by atoms with E-state index in [1.807, 2.05) is 6.07 Å². The standard InChI is InChI=1S/C26H26BrN3O6S2/c1-34-22-10-5-18(16-23(22)35-2)25(31)24(29-11-3-4-19(27)17-29)26(37)28-20-6-8-21(9-7-20)38(32,33)30-12-14-36-15-13-30/h3-11,16-17H,12-15H2,1-2H3,(H-,28,31,37). The molecule has 4 rings (SSSR count). The molecule has 0 aliphatic carbocycles. The Hall–Kier alpha value is -3.03. The fourth-order valence-electron chi connectivity index (χ4n) is 3.87. The van der Waals surface area contributed by atoms with E-state index in [2.05, 4.69) is 21.2 Å². The molecule has 2 aromatic carbocycles. The van der Waals surface area contributed by atoms with Gasteiger partial charge in [-0.3, -0.25) is 0 Å². The molecule has 3 aromatic rings. The van der Waals surface area contributed by atoms with E-state index in [-0.39, 0.29) is 21.3 Å². The highest BCUT2D eigenvalue weighted by molar-refractivity contribution is 9.10. The predicted molar refractivity (Wildman–Crippen MR) is 149 cm³/mol. The van der Waals surface area contributed by atoms with E-state index in [0.717, 1.165) is 4.47 Å². The highest BCUT2D eigenvalue weighted by atomic mass is 79.9. The quantitative estimate of drug-likeness (QED) is 0.178. The number of aromatic nitrogens is 1. The minimum atomic E-state index is -3.63. The fourth-order valence-corrected chi connectivity index (χ4v) is 5.97. The highest BCUT2D eigenvalue weighted by Crippen LogP contribution is 2.30. The lowest BCUT2D eigenvalue weighted by atomic mass is 10.1. The molecule has 0 amide bonds. The van der Waals surface area contributed by atoms with E-state index < -0.39 is 10.0 Å². The molecule has 12 heteroatoms. The van der Waals surface area contributed by atoms with Gasteiger partial charge in [-0.15, -0.1) is 0 Å². The molecule has 2 heterocycles. The zero-order valence-electron chi connectivity index (χ0n) is 20.7. The molecule has 0 atom stereocenters. The number of ether oxygens (including phenoxy) is 3. The summed E-state index contributed by atoms with van der Waals surface area (Å²) >= 11 is 9.11. The minimum absolute atomic E-state index is 0.150. The van der Waals surface area contributed by atoms with Crippen LogP contribution in [0.4, 0.5) is 5.69 Å². The summed E-state index contributed by atoms with van der Waals surface area (Å²) in [4.78, 5) is 0.319. The molecule has 1 fully saturated rings. The zero-order chi connectivity index (χ0) is 27.3. The lowest BCUT2D eigenvalue weighted by Crippen LogP contribution is -2.40. The van der Waals surface area contributed by atoms with Crippen LogP contribution < -0.4 is 24.5 Å². The maximum atomic E-state index is 13.7. The predicted octanol–water partition coefficient (Wildman–Crippen LogP) is 2.90. The van der Waals surface area contributed by atoms with Crippen LogP contribution in [0.25, 0.3) is 11.5 Å². The van der Waals surface area contributed by atoms with Crippen molar-refractivity contribution >= 4 is 60.3 Å². The number of halogens is 1. The molecule has 0 spiro atoms. The first kappa shape index (κ1) is 28.0. The summed E-state index contributed by atoms with van der Waals surface area (Å²) < 4.78 is 45.6. The van der Waals surface area contributed by atoms with Gasteiger partial charge in [-0.05, 0) is 69.7 Å².